The third-order valence-electron chi connectivity index (χ3n) is 3.25. The normalized spacial score (nSPS) is 27.7. The zero-order valence-electron chi connectivity index (χ0n) is 12.2. The SMILES string of the molecule is CC1CC(C(=O)O)(N(C)C(=O)OC(C)(C)C)CCO1. The van der Waals surface area contributed by atoms with Crippen molar-refractivity contribution in [1.29, 1.82) is 0 Å². The Labute approximate surface area is 113 Å². The average molecular weight is 273 g/mol. The highest BCUT2D eigenvalue weighted by atomic mass is 16.6. The molecule has 1 N–H and O–H groups in total. The molecule has 0 aromatic carbocycles. The molecule has 0 aromatic rings. The molecule has 0 aliphatic carbocycles. The van der Waals surface area contributed by atoms with E-state index in [9.17, 15) is 14.7 Å². The fourth-order valence-electron chi connectivity index (χ4n) is 2.21. The Morgan fingerprint density at radius 2 is 2.00 bits per heavy atom. The van der Waals surface area contributed by atoms with Crippen LogP contribution in [0.1, 0.15) is 40.5 Å². The lowest BCUT2D eigenvalue weighted by Gasteiger charge is -2.42. The number of hydrogen-bond donors (Lipinski definition) is 1. The van der Waals surface area contributed by atoms with Crippen molar-refractivity contribution in [2.75, 3.05) is 13.7 Å². The van der Waals surface area contributed by atoms with Gasteiger partial charge in [0.2, 0.25) is 0 Å². The summed E-state index contributed by atoms with van der Waals surface area (Å²) in [7, 11) is 1.47. The van der Waals surface area contributed by atoms with Crippen LogP contribution in [0.25, 0.3) is 0 Å². The molecule has 6 heteroatoms. The highest BCUT2D eigenvalue weighted by Gasteiger charge is 2.49. The summed E-state index contributed by atoms with van der Waals surface area (Å²) < 4.78 is 10.6. The Morgan fingerprint density at radius 1 is 1.42 bits per heavy atom. The van der Waals surface area contributed by atoms with Crippen LogP contribution in [-0.2, 0) is 14.3 Å². The van der Waals surface area contributed by atoms with Crippen molar-refractivity contribution in [3.8, 4) is 0 Å². The van der Waals surface area contributed by atoms with E-state index in [-0.39, 0.29) is 18.9 Å². The number of hydrogen-bond acceptors (Lipinski definition) is 4. The quantitative estimate of drug-likeness (QED) is 0.831. The van der Waals surface area contributed by atoms with Crippen molar-refractivity contribution in [3.05, 3.63) is 0 Å². The van der Waals surface area contributed by atoms with Crippen LogP contribution >= 0.6 is 0 Å². The predicted octanol–water partition coefficient (Wildman–Crippen LogP) is 1.88. The van der Waals surface area contributed by atoms with E-state index < -0.39 is 23.2 Å². The second kappa shape index (κ2) is 5.36. The van der Waals surface area contributed by atoms with Crippen LogP contribution in [0.3, 0.4) is 0 Å². The minimum Gasteiger partial charge on any atom is -0.479 e. The molecule has 1 heterocycles. The van der Waals surface area contributed by atoms with Crippen molar-refractivity contribution >= 4 is 12.1 Å². The number of carboxylic acid groups (broad SMARTS) is 1. The molecule has 1 fully saturated rings. The van der Waals surface area contributed by atoms with Crippen LogP contribution in [0.4, 0.5) is 4.79 Å². The third-order valence-corrected chi connectivity index (χ3v) is 3.25. The van der Waals surface area contributed by atoms with E-state index in [0.29, 0.717) is 6.61 Å². The van der Waals surface area contributed by atoms with Crippen LogP contribution < -0.4 is 0 Å². The van der Waals surface area contributed by atoms with Crippen molar-refractivity contribution in [2.45, 2.75) is 57.8 Å². The van der Waals surface area contributed by atoms with Crippen LogP contribution in [0.2, 0.25) is 0 Å². The maximum Gasteiger partial charge on any atom is 0.410 e. The number of ether oxygens (including phenoxy) is 2. The molecule has 2 atom stereocenters. The Kier molecular flexibility index (Phi) is 4.45. The molecule has 0 saturated carbocycles. The number of likely N-dealkylation sites (N-methyl/N-ethyl adjacent to an activating group) is 1. The Bertz CT molecular complexity index is 363. The molecular formula is C13H23NO5. The van der Waals surface area contributed by atoms with E-state index in [0.717, 1.165) is 0 Å². The van der Waals surface area contributed by atoms with E-state index in [2.05, 4.69) is 0 Å². The van der Waals surface area contributed by atoms with E-state index in [4.69, 9.17) is 9.47 Å². The van der Waals surface area contributed by atoms with E-state index in [1.54, 1.807) is 27.7 Å². The van der Waals surface area contributed by atoms with Crippen molar-refractivity contribution in [1.82, 2.24) is 4.90 Å². The minimum absolute atomic E-state index is 0.199. The summed E-state index contributed by atoms with van der Waals surface area (Å²) in [6.45, 7) is 7.37. The fraction of sp³-hybridized carbons (Fsp3) is 0.846. The van der Waals surface area contributed by atoms with Crippen molar-refractivity contribution in [2.24, 2.45) is 0 Å². The molecule has 0 aromatic heterocycles. The van der Waals surface area contributed by atoms with Gasteiger partial charge in [-0.25, -0.2) is 9.59 Å². The summed E-state index contributed by atoms with van der Waals surface area (Å²) in [4.78, 5) is 24.9. The standard InChI is InChI=1S/C13H23NO5/c1-9-8-13(10(15)16,6-7-18-9)14(5)11(17)19-12(2,3)4/h9H,6-8H2,1-5H3,(H,15,16). The number of amides is 1. The summed E-state index contributed by atoms with van der Waals surface area (Å²) in [5.41, 5.74) is -1.90. The van der Waals surface area contributed by atoms with E-state index in [1.165, 1.54) is 11.9 Å². The maximum atomic E-state index is 12.1. The van der Waals surface area contributed by atoms with Crippen LogP contribution in [-0.4, -0.2) is 53.0 Å². The summed E-state index contributed by atoms with van der Waals surface area (Å²) in [6, 6.07) is 0. The minimum atomic E-state index is -1.25. The molecule has 2 unspecified atom stereocenters. The van der Waals surface area contributed by atoms with E-state index >= 15 is 0 Å². The number of rotatable bonds is 2. The first kappa shape index (κ1) is 15.8. The monoisotopic (exact) mass is 273 g/mol. The summed E-state index contributed by atoms with van der Waals surface area (Å²) in [5, 5.41) is 9.52. The molecule has 0 bridgehead atoms. The zero-order valence-corrected chi connectivity index (χ0v) is 12.2. The maximum absolute atomic E-state index is 12.1. The topological polar surface area (TPSA) is 76.1 Å². The molecule has 1 saturated heterocycles. The molecule has 110 valence electrons. The number of aliphatic carboxylic acids is 1. The first-order chi connectivity index (χ1) is 8.58. The summed E-state index contributed by atoms with van der Waals surface area (Å²) in [5.74, 6) is -1.02. The Morgan fingerprint density at radius 3 is 2.42 bits per heavy atom. The van der Waals surface area contributed by atoms with Gasteiger partial charge in [-0.3, -0.25) is 4.90 Å². The zero-order chi connectivity index (χ0) is 14.8. The van der Waals surface area contributed by atoms with Gasteiger partial charge in [-0.1, -0.05) is 0 Å². The van der Waals surface area contributed by atoms with E-state index in [1.807, 2.05) is 0 Å². The largest absolute Gasteiger partial charge is 0.479 e. The van der Waals surface area contributed by atoms with Gasteiger partial charge in [0, 0.05) is 26.5 Å². The van der Waals surface area contributed by atoms with Gasteiger partial charge >= 0.3 is 12.1 Å². The van der Waals surface area contributed by atoms with Gasteiger partial charge in [0.25, 0.3) is 0 Å². The highest BCUT2D eigenvalue weighted by molar-refractivity contribution is 5.84. The smallest absolute Gasteiger partial charge is 0.410 e. The predicted molar refractivity (Wildman–Crippen MR) is 69.0 cm³/mol. The Balaban J connectivity index is 2.93. The van der Waals surface area contributed by atoms with Crippen molar-refractivity contribution < 1.29 is 24.2 Å². The summed E-state index contributed by atoms with van der Waals surface area (Å²) >= 11 is 0. The molecule has 19 heavy (non-hydrogen) atoms. The van der Waals surface area contributed by atoms with Gasteiger partial charge < -0.3 is 14.6 Å². The van der Waals surface area contributed by atoms with Gasteiger partial charge in [0.15, 0.2) is 0 Å². The van der Waals surface area contributed by atoms with Gasteiger partial charge in [-0.15, -0.1) is 0 Å². The number of carbonyl (C=O) groups is 2. The van der Waals surface area contributed by atoms with Gasteiger partial charge in [0.05, 0.1) is 6.10 Å². The first-order valence-electron chi connectivity index (χ1n) is 6.40. The molecular weight excluding hydrogens is 250 g/mol. The van der Waals surface area contributed by atoms with Gasteiger partial charge in [0.1, 0.15) is 11.1 Å². The molecule has 1 rings (SSSR count). The molecule has 1 aliphatic heterocycles. The molecule has 0 radical (unpaired) electrons. The Hall–Kier alpha value is -1.30. The van der Waals surface area contributed by atoms with Crippen LogP contribution in [0, 0.1) is 0 Å². The second-order valence-electron chi connectivity index (χ2n) is 6.01. The third kappa shape index (κ3) is 3.59. The number of nitrogens with zero attached hydrogens (tertiary/aromatic N) is 1. The number of carboxylic acids is 1. The first-order valence-corrected chi connectivity index (χ1v) is 6.40. The van der Waals surface area contributed by atoms with Crippen LogP contribution in [0.5, 0.6) is 0 Å². The number of carbonyl (C=O) groups excluding carboxylic acids is 1. The van der Waals surface area contributed by atoms with Crippen molar-refractivity contribution in [3.63, 3.8) is 0 Å². The highest BCUT2D eigenvalue weighted by Crippen LogP contribution is 2.31. The molecule has 1 aliphatic rings. The summed E-state index contributed by atoms with van der Waals surface area (Å²) in [6.07, 6.45) is -0.292. The molecule has 6 nitrogen and oxygen atoms in total. The fourth-order valence-corrected chi connectivity index (χ4v) is 2.21. The molecule has 0 spiro atoms. The lowest BCUT2D eigenvalue weighted by atomic mass is 9.85. The second-order valence-corrected chi connectivity index (χ2v) is 6.01. The van der Waals surface area contributed by atoms with Gasteiger partial charge in [-0.05, 0) is 27.7 Å². The van der Waals surface area contributed by atoms with Crippen LogP contribution in [0.15, 0.2) is 0 Å². The van der Waals surface area contributed by atoms with Gasteiger partial charge in [-0.2, -0.15) is 0 Å². The average Bonchev–Trinajstić information content (AvgIpc) is 2.25. The lowest BCUT2D eigenvalue weighted by molar-refractivity contribution is -0.160. The lowest BCUT2D eigenvalue weighted by Crippen LogP contribution is -2.60. The molecule has 1 amide bonds.